The van der Waals surface area contributed by atoms with Gasteiger partial charge in [0.2, 0.25) is 0 Å². The molecule has 1 N–H and O–H groups in total. The predicted octanol–water partition coefficient (Wildman–Crippen LogP) is 5.32. The zero-order valence-corrected chi connectivity index (χ0v) is 13.5. The Hall–Kier alpha value is -0.770. The number of nitrogens with one attached hydrogen (secondary N) is 1. The monoisotopic (exact) mass is 432 g/mol. The average molecular weight is 433 g/mol. The first-order valence-corrected chi connectivity index (χ1v) is 7.27. The normalized spacial score (nSPS) is 9.89. The van der Waals surface area contributed by atoms with E-state index in [-0.39, 0.29) is 0 Å². The van der Waals surface area contributed by atoms with Crippen molar-refractivity contribution in [3.8, 4) is 6.07 Å². The fraction of sp³-hybridized carbons (Fsp3) is 0. The number of anilines is 2. The molecule has 0 aliphatic carbocycles. The minimum atomic E-state index is 0.567. The topological polar surface area (TPSA) is 35.8 Å². The van der Waals surface area contributed by atoms with Crippen molar-refractivity contribution >= 4 is 61.5 Å². The summed E-state index contributed by atoms with van der Waals surface area (Å²) in [6, 6.07) is 13.2. The van der Waals surface area contributed by atoms with E-state index in [1.165, 1.54) is 0 Å². The lowest BCUT2D eigenvalue weighted by Gasteiger charge is -2.09. The van der Waals surface area contributed by atoms with E-state index in [9.17, 15) is 0 Å². The highest BCUT2D eigenvalue weighted by molar-refractivity contribution is 14.1. The number of rotatable bonds is 2. The van der Waals surface area contributed by atoms with E-state index in [0.717, 1.165) is 13.7 Å². The van der Waals surface area contributed by atoms with Crippen LogP contribution in [0.25, 0.3) is 0 Å². The van der Waals surface area contributed by atoms with Crippen molar-refractivity contribution in [3.05, 3.63) is 55.0 Å². The Balaban J connectivity index is 2.36. The Morgan fingerprint density at radius 1 is 1.22 bits per heavy atom. The molecule has 0 saturated carbocycles. The van der Waals surface area contributed by atoms with Crippen LogP contribution in [0, 0.1) is 14.9 Å². The lowest BCUT2D eigenvalue weighted by atomic mass is 10.2. The Morgan fingerprint density at radius 3 is 2.67 bits per heavy atom. The molecule has 0 fully saturated rings. The molecule has 0 spiro atoms. The summed E-state index contributed by atoms with van der Waals surface area (Å²) in [6.07, 6.45) is 0. The minimum Gasteiger partial charge on any atom is -0.354 e. The Bertz CT molecular complexity index is 637. The SMILES string of the molecule is N#Cc1ccc(Cl)cc1Nc1ccc(Br)c(I)c1. The molecule has 0 radical (unpaired) electrons. The first-order chi connectivity index (χ1) is 8.60. The second kappa shape index (κ2) is 5.91. The summed E-state index contributed by atoms with van der Waals surface area (Å²) in [4.78, 5) is 0. The van der Waals surface area contributed by atoms with Gasteiger partial charge in [0.15, 0.2) is 0 Å². The number of nitriles is 1. The van der Waals surface area contributed by atoms with E-state index in [2.05, 4.69) is 49.9 Å². The first kappa shape index (κ1) is 13.7. The maximum absolute atomic E-state index is 9.04. The van der Waals surface area contributed by atoms with E-state index >= 15 is 0 Å². The maximum atomic E-state index is 9.04. The van der Waals surface area contributed by atoms with Crippen LogP contribution in [0.2, 0.25) is 5.02 Å². The largest absolute Gasteiger partial charge is 0.354 e. The fourth-order valence-electron chi connectivity index (χ4n) is 1.45. The Morgan fingerprint density at radius 2 is 2.00 bits per heavy atom. The fourth-order valence-corrected chi connectivity index (χ4v) is 2.38. The van der Waals surface area contributed by atoms with Crippen LogP contribution in [-0.4, -0.2) is 0 Å². The standard InChI is InChI=1S/C13H7BrClIN2/c14-11-4-3-10(6-12(11)16)18-13-5-9(15)2-1-8(13)7-17/h1-6,18H. The van der Waals surface area contributed by atoms with E-state index in [4.69, 9.17) is 16.9 Å². The molecule has 18 heavy (non-hydrogen) atoms. The van der Waals surface area contributed by atoms with Crippen LogP contribution in [0.15, 0.2) is 40.9 Å². The molecule has 0 aromatic heterocycles. The van der Waals surface area contributed by atoms with Gasteiger partial charge in [-0.05, 0) is 74.9 Å². The molecule has 2 aromatic rings. The van der Waals surface area contributed by atoms with Gasteiger partial charge in [0.1, 0.15) is 6.07 Å². The van der Waals surface area contributed by atoms with Crippen LogP contribution < -0.4 is 5.32 Å². The summed E-state index contributed by atoms with van der Waals surface area (Å²) >= 11 is 11.6. The average Bonchev–Trinajstić information content (AvgIpc) is 2.34. The van der Waals surface area contributed by atoms with Gasteiger partial charge in [-0.3, -0.25) is 0 Å². The van der Waals surface area contributed by atoms with Gasteiger partial charge in [-0.25, -0.2) is 0 Å². The lowest BCUT2D eigenvalue weighted by Crippen LogP contribution is -1.94. The van der Waals surface area contributed by atoms with Gasteiger partial charge in [-0.15, -0.1) is 0 Å². The molecule has 2 nitrogen and oxygen atoms in total. The van der Waals surface area contributed by atoms with Crippen molar-refractivity contribution in [3.63, 3.8) is 0 Å². The second-order valence-corrected chi connectivity index (χ2v) is 6.01. The van der Waals surface area contributed by atoms with Gasteiger partial charge >= 0.3 is 0 Å². The molecular formula is C13H7BrClIN2. The maximum Gasteiger partial charge on any atom is 0.101 e. The molecule has 0 bridgehead atoms. The van der Waals surface area contributed by atoms with Gasteiger partial charge < -0.3 is 5.32 Å². The van der Waals surface area contributed by atoms with Crippen molar-refractivity contribution in [2.45, 2.75) is 0 Å². The van der Waals surface area contributed by atoms with Gasteiger partial charge in [0.05, 0.1) is 11.3 Å². The van der Waals surface area contributed by atoms with Gasteiger partial charge in [-0.2, -0.15) is 5.26 Å². The third-order valence-corrected chi connectivity index (χ3v) is 4.86. The predicted molar refractivity (Wildman–Crippen MR) is 86.3 cm³/mol. The van der Waals surface area contributed by atoms with Gasteiger partial charge in [-0.1, -0.05) is 11.6 Å². The van der Waals surface area contributed by atoms with E-state index in [0.29, 0.717) is 16.3 Å². The molecule has 0 aliphatic rings. The zero-order valence-electron chi connectivity index (χ0n) is 9.05. The van der Waals surface area contributed by atoms with Gasteiger partial charge in [0, 0.05) is 18.8 Å². The first-order valence-electron chi connectivity index (χ1n) is 5.02. The van der Waals surface area contributed by atoms with Crippen LogP contribution in [0.3, 0.4) is 0 Å². The molecule has 2 aromatic carbocycles. The second-order valence-electron chi connectivity index (χ2n) is 3.56. The summed E-state index contributed by atoms with van der Waals surface area (Å²) in [6.45, 7) is 0. The Labute approximate surface area is 132 Å². The summed E-state index contributed by atoms with van der Waals surface area (Å²) in [5, 5.41) is 12.8. The van der Waals surface area contributed by atoms with Crippen molar-refractivity contribution in [1.82, 2.24) is 0 Å². The molecule has 0 saturated heterocycles. The molecular weight excluding hydrogens is 426 g/mol. The zero-order chi connectivity index (χ0) is 13.1. The lowest BCUT2D eigenvalue weighted by molar-refractivity contribution is 1.45. The van der Waals surface area contributed by atoms with Crippen molar-refractivity contribution < 1.29 is 0 Å². The van der Waals surface area contributed by atoms with E-state index < -0.39 is 0 Å². The molecule has 0 aliphatic heterocycles. The number of benzene rings is 2. The number of hydrogen-bond acceptors (Lipinski definition) is 2. The summed E-state index contributed by atoms with van der Waals surface area (Å²) in [5.41, 5.74) is 2.20. The molecule has 2 rings (SSSR count). The van der Waals surface area contributed by atoms with Crippen molar-refractivity contribution in [1.29, 1.82) is 5.26 Å². The molecule has 5 heteroatoms. The molecule has 0 unspecified atom stereocenters. The van der Waals surface area contributed by atoms with Crippen LogP contribution in [-0.2, 0) is 0 Å². The smallest absolute Gasteiger partial charge is 0.101 e. The third kappa shape index (κ3) is 3.16. The molecule has 0 atom stereocenters. The number of hydrogen-bond donors (Lipinski definition) is 1. The van der Waals surface area contributed by atoms with Crippen LogP contribution in [0.5, 0.6) is 0 Å². The van der Waals surface area contributed by atoms with Crippen molar-refractivity contribution in [2.75, 3.05) is 5.32 Å². The molecule has 90 valence electrons. The third-order valence-electron chi connectivity index (χ3n) is 2.30. The number of nitrogens with zero attached hydrogens (tertiary/aromatic N) is 1. The van der Waals surface area contributed by atoms with Crippen LogP contribution in [0.1, 0.15) is 5.56 Å². The minimum absolute atomic E-state index is 0.567. The number of halogens is 3. The summed E-state index contributed by atoms with van der Waals surface area (Å²) < 4.78 is 2.14. The Kier molecular flexibility index (Phi) is 4.49. The highest BCUT2D eigenvalue weighted by Crippen LogP contribution is 2.27. The van der Waals surface area contributed by atoms with E-state index in [1.807, 2.05) is 18.2 Å². The highest BCUT2D eigenvalue weighted by atomic mass is 127. The van der Waals surface area contributed by atoms with Crippen molar-refractivity contribution in [2.24, 2.45) is 0 Å². The highest BCUT2D eigenvalue weighted by Gasteiger charge is 2.04. The molecule has 0 amide bonds. The summed E-state index contributed by atoms with van der Waals surface area (Å²) in [5.74, 6) is 0. The van der Waals surface area contributed by atoms with Crippen LogP contribution in [0.4, 0.5) is 11.4 Å². The van der Waals surface area contributed by atoms with E-state index in [1.54, 1.807) is 18.2 Å². The molecule has 0 heterocycles. The van der Waals surface area contributed by atoms with Gasteiger partial charge in [0.25, 0.3) is 0 Å². The quantitative estimate of drug-likeness (QED) is 0.651. The summed E-state index contributed by atoms with van der Waals surface area (Å²) in [7, 11) is 0. The van der Waals surface area contributed by atoms with Crippen LogP contribution >= 0.6 is 50.1 Å².